The van der Waals surface area contributed by atoms with Crippen molar-refractivity contribution in [3.63, 3.8) is 0 Å². The van der Waals surface area contributed by atoms with E-state index in [4.69, 9.17) is 15.2 Å². The smallest absolute Gasteiger partial charge is 0.0878 e. The van der Waals surface area contributed by atoms with Gasteiger partial charge in [-0.1, -0.05) is 0 Å². The highest BCUT2D eigenvalue weighted by atomic mass is 16.5. The molecule has 0 bridgehead atoms. The minimum absolute atomic E-state index is 0.0405. The van der Waals surface area contributed by atoms with Gasteiger partial charge in [-0.05, 0) is 6.42 Å². The maximum atomic E-state index is 5.65. The van der Waals surface area contributed by atoms with Crippen LogP contribution in [0.1, 0.15) is 12.8 Å². The molecule has 1 heterocycles. The molecule has 0 aromatic rings. The lowest BCUT2D eigenvalue weighted by Gasteiger charge is -2.49. The molecule has 64 valence electrons. The monoisotopic (exact) mass is 157 g/mol. The summed E-state index contributed by atoms with van der Waals surface area (Å²) in [7, 11) is 1.75. The maximum Gasteiger partial charge on any atom is 0.0878 e. The lowest BCUT2D eigenvalue weighted by Crippen LogP contribution is -2.60. The second-order valence-corrected chi connectivity index (χ2v) is 3.48. The highest BCUT2D eigenvalue weighted by Gasteiger charge is 2.56. The van der Waals surface area contributed by atoms with Crippen LogP contribution in [0.4, 0.5) is 0 Å². The Morgan fingerprint density at radius 3 is 3.09 bits per heavy atom. The molecule has 0 spiro atoms. The van der Waals surface area contributed by atoms with E-state index >= 15 is 0 Å². The fourth-order valence-corrected chi connectivity index (χ4v) is 2.34. The Balaban J connectivity index is 2.06. The molecule has 3 heteroatoms. The van der Waals surface area contributed by atoms with Gasteiger partial charge in [0, 0.05) is 32.6 Å². The Hall–Kier alpha value is -0.120. The SMILES string of the molecule is COC1(CN)C[C@@H]2OCC[C@@H]21. The number of rotatable bonds is 2. The second-order valence-electron chi connectivity index (χ2n) is 3.48. The molecular formula is C8H15NO2. The molecule has 0 aromatic heterocycles. The van der Waals surface area contributed by atoms with E-state index < -0.39 is 0 Å². The molecule has 3 nitrogen and oxygen atoms in total. The zero-order valence-corrected chi connectivity index (χ0v) is 6.88. The Bertz CT molecular complexity index is 156. The van der Waals surface area contributed by atoms with Crippen LogP contribution in [0.15, 0.2) is 0 Å². The number of methoxy groups -OCH3 is 1. The van der Waals surface area contributed by atoms with E-state index in [1.165, 1.54) is 0 Å². The zero-order chi connectivity index (χ0) is 7.90. The van der Waals surface area contributed by atoms with Gasteiger partial charge < -0.3 is 15.2 Å². The minimum Gasteiger partial charge on any atom is -0.378 e. The van der Waals surface area contributed by atoms with Crippen LogP contribution in [0.2, 0.25) is 0 Å². The molecule has 2 fully saturated rings. The van der Waals surface area contributed by atoms with E-state index in [9.17, 15) is 0 Å². The van der Waals surface area contributed by atoms with Crippen LogP contribution < -0.4 is 5.73 Å². The number of fused-ring (bicyclic) bond motifs is 1. The maximum absolute atomic E-state index is 5.65. The molecule has 11 heavy (non-hydrogen) atoms. The van der Waals surface area contributed by atoms with Gasteiger partial charge in [0.2, 0.25) is 0 Å². The van der Waals surface area contributed by atoms with Crippen LogP contribution in [0.3, 0.4) is 0 Å². The van der Waals surface area contributed by atoms with Crippen molar-refractivity contribution >= 4 is 0 Å². The zero-order valence-electron chi connectivity index (χ0n) is 6.88. The van der Waals surface area contributed by atoms with Crippen LogP contribution in [0, 0.1) is 5.92 Å². The van der Waals surface area contributed by atoms with Crippen molar-refractivity contribution in [3.05, 3.63) is 0 Å². The van der Waals surface area contributed by atoms with E-state index in [2.05, 4.69) is 0 Å². The average Bonchev–Trinajstić information content (AvgIpc) is 2.37. The van der Waals surface area contributed by atoms with Crippen molar-refractivity contribution in [1.29, 1.82) is 0 Å². The molecule has 1 aliphatic carbocycles. The van der Waals surface area contributed by atoms with Gasteiger partial charge in [-0.25, -0.2) is 0 Å². The summed E-state index contributed by atoms with van der Waals surface area (Å²) >= 11 is 0. The van der Waals surface area contributed by atoms with Crippen molar-refractivity contribution in [2.75, 3.05) is 20.3 Å². The number of hydrogen-bond donors (Lipinski definition) is 1. The second kappa shape index (κ2) is 2.44. The predicted molar refractivity (Wildman–Crippen MR) is 41.3 cm³/mol. The third-order valence-corrected chi connectivity index (χ3v) is 3.18. The van der Waals surface area contributed by atoms with Crippen LogP contribution >= 0.6 is 0 Å². The van der Waals surface area contributed by atoms with Gasteiger partial charge in [0.25, 0.3) is 0 Å². The molecule has 0 amide bonds. The van der Waals surface area contributed by atoms with Crippen molar-refractivity contribution in [2.24, 2.45) is 11.7 Å². The molecule has 2 rings (SSSR count). The summed E-state index contributed by atoms with van der Waals surface area (Å²) in [5.41, 5.74) is 5.61. The van der Waals surface area contributed by atoms with Gasteiger partial charge in [0.1, 0.15) is 0 Å². The van der Waals surface area contributed by atoms with E-state index in [-0.39, 0.29) is 5.60 Å². The summed E-state index contributed by atoms with van der Waals surface area (Å²) < 4.78 is 10.9. The largest absolute Gasteiger partial charge is 0.378 e. The van der Waals surface area contributed by atoms with Gasteiger partial charge in [-0.2, -0.15) is 0 Å². The highest BCUT2D eigenvalue weighted by Crippen LogP contribution is 2.48. The van der Waals surface area contributed by atoms with Gasteiger partial charge in [-0.15, -0.1) is 0 Å². The molecule has 2 aliphatic rings. The first-order valence-electron chi connectivity index (χ1n) is 4.19. The first-order valence-corrected chi connectivity index (χ1v) is 4.19. The molecule has 1 saturated carbocycles. The molecule has 0 radical (unpaired) electrons. The first-order chi connectivity index (χ1) is 5.32. The van der Waals surface area contributed by atoms with Gasteiger partial charge >= 0.3 is 0 Å². The number of ether oxygens (including phenoxy) is 2. The Morgan fingerprint density at radius 2 is 2.55 bits per heavy atom. The van der Waals surface area contributed by atoms with Crippen molar-refractivity contribution in [3.8, 4) is 0 Å². The number of nitrogens with two attached hydrogens (primary N) is 1. The standard InChI is InChI=1S/C8H15NO2/c1-10-8(5-9)4-7-6(8)2-3-11-7/h6-7H,2-5,9H2,1H3/t6-,7-,8?/m0/s1. The van der Waals surface area contributed by atoms with E-state index in [1.54, 1.807) is 7.11 Å². The summed E-state index contributed by atoms with van der Waals surface area (Å²) in [5, 5.41) is 0. The fraction of sp³-hybridized carbons (Fsp3) is 1.00. The normalized spacial score (nSPS) is 48.5. The summed E-state index contributed by atoms with van der Waals surface area (Å²) in [5.74, 6) is 0.567. The van der Waals surface area contributed by atoms with Crippen LogP contribution in [0.25, 0.3) is 0 Å². The van der Waals surface area contributed by atoms with E-state index in [1.807, 2.05) is 0 Å². The minimum atomic E-state index is -0.0405. The summed E-state index contributed by atoms with van der Waals surface area (Å²) in [6, 6.07) is 0. The molecule has 1 saturated heterocycles. The molecule has 0 aromatic carbocycles. The van der Waals surface area contributed by atoms with Crippen LogP contribution in [0.5, 0.6) is 0 Å². The molecular weight excluding hydrogens is 142 g/mol. The van der Waals surface area contributed by atoms with E-state index in [0.717, 1.165) is 19.4 Å². The van der Waals surface area contributed by atoms with E-state index in [0.29, 0.717) is 18.6 Å². The first kappa shape index (κ1) is 7.53. The van der Waals surface area contributed by atoms with Crippen molar-refractivity contribution in [2.45, 2.75) is 24.5 Å². The van der Waals surface area contributed by atoms with Crippen LogP contribution in [-0.4, -0.2) is 32.0 Å². The average molecular weight is 157 g/mol. The predicted octanol–water partition coefficient (Wildman–Crippen LogP) is 0.139. The summed E-state index contributed by atoms with van der Waals surface area (Å²) in [6.45, 7) is 1.52. The van der Waals surface area contributed by atoms with Crippen LogP contribution in [-0.2, 0) is 9.47 Å². The topological polar surface area (TPSA) is 44.5 Å². The highest BCUT2D eigenvalue weighted by molar-refractivity contribution is 5.07. The fourth-order valence-electron chi connectivity index (χ4n) is 2.34. The summed E-state index contributed by atoms with van der Waals surface area (Å²) in [6.07, 6.45) is 2.55. The molecule has 1 aliphatic heterocycles. The van der Waals surface area contributed by atoms with Crippen molar-refractivity contribution < 1.29 is 9.47 Å². The summed E-state index contributed by atoms with van der Waals surface area (Å²) in [4.78, 5) is 0. The third kappa shape index (κ3) is 0.849. The van der Waals surface area contributed by atoms with Gasteiger partial charge in [0.05, 0.1) is 11.7 Å². The number of hydrogen-bond acceptors (Lipinski definition) is 3. The third-order valence-electron chi connectivity index (χ3n) is 3.18. The Labute approximate surface area is 66.8 Å². The lowest BCUT2D eigenvalue weighted by molar-refractivity contribution is -0.165. The van der Waals surface area contributed by atoms with Gasteiger partial charge in [-0.3, -0.25) is 0 Å². The van der Waals surface area contributed by atoms with Gasteiger partial charge in [0.15, 0.2) is 0 Å². The molecule has 3 atom stereocenters. The molecule has 2 N–H and O–H groups in total. The lowest BCUT2D eigenvalue weighted by atomic mass is 9.66. The Kier molecular flexibility index (Phi) is 1.67. The van der Waals surface area contributed by atoms with Crippen molar-refractivity contribution in [1.82, 2.24) is 0 Å². The quantitative estimate of drug-likeness (QED) is 0.620. The Morgan fingerprint density at radius 1 is 1.73 bits per heavy atom. The molecule has 1 unspecified atom stereocenters.